The van der Waals surface area contributed by atoms with Crippen LogP contribution < -0.4 is 5.32 Å². The van der Waals surface area contributed by atoms with Gasteiger partial charge in [-0.2, -0.15) is 0 Å². The lowest BCUT2D eigenvalue weighted by molar-refractivity contribution is -0.135. The molecule has 0 saturated carbocycles. The Morgan fingerprint density at radius 1 is 1.06 bits per heavy atom. The number of allylic oxidation sites excluding steroid dienone is 1. The Morgan fingerprint density at radius 2 is 1.87 bits per heavy atom. The summed E-state index contributed by atoms with van der Waals surface area (Å²) >= 11 is 0. The number of amides is 2. The first kappa shape index (κ1) is 21.3. The van der Waals surface area contributed by atoms with Crippen molar-refractivity contribution in [1.82, 2.24) is 14.8 Å². The summed E-state index contributed by atoms with van der Waals surface area (Å²) in [6.07, 6.45) is 9.27. The van der Waals surface area contributed by atoms with Crippen molar-refractivity contribution < 1.29 is 19.1 Å². The van der Waals surface area contributed by atoms with Gasteiger partial charge < -0.3 is 19.5 Å². The minimum absolute atomic E-state index is 0.0201. The SMILES string of the molecule is O=C(NCCC1=CCCCC1)C(=O)c1cn(CC(=O)N2CCOCC2)c2ccccc12. The highest BCUT2D eigenvalue weighted by Crippen LogP contribution is 2.23. The van der Waals surface area contributed by atoms with Crippen LogP contribution in [0.5, 0.6) is 0 Å². The average molecular weight is 424 g/mol. The smallest absolute Gasteiger partial charge is 0.292 e. The quantitative estimate of drug-likeness (QED) is 0.422. The lowest BCUT2D eigenvalue weighted by Crippen LogP contribution is -2.42. The number of ether oxygens (including phenoxy) is 1. The molecule has 2 aromatic rings. The number of rotatable bonds is 7. The molecule has 31 heavy (non-hydrogen) atoms. The average Bonchev–Trinajstić information content (AvgIpc) is 3.18. The summed E-state index contributed by atoms with van der Waals surface area (Å²) in [6, 6.07) is 7.38. The van der Waals surface area contributed by atoms with E-state index in [0.717, 1.165) is 24.8 Å². The number of ketones is 1. The van der Waals surface area contributed by atoms with Gasteiger partial charge in [-0.15, -0.1) is 0 Å². The first-order valence-corrected chi connectivity index (χ1v) is 11.1. The van der Waals surface area contributed by atoms with E-state index in [9.17, 15) is 14.4 Å². The number of aromatic nitrogens is 1. The van der Waals surface area contributed by atoms with Gasteiger partial charge in [-0.1, -0.05) is 29.8 Å². The molecule has 0 spiro atoms. The molecule has 1 saturated heterocycles. The highest BCUT2D eigenvalue weighted by Gasteiger charge is 2.23. The summed E-state index contributed by atoms with van der Waals surface area (Å²) in [6.45, 7) is 2.82. The molecule has 0 unspecified atom stereocenters. The van der Waals surface area contributed by atoms with Crippen LogP contribution in [0.25, 0.3) is 10.9 Å². The normalized spacial score (nSPS) is 16.8. The molecule has 1 aromatic carbocycles. The third kappa shape index (κ3) is 5.05. The fourth-order valence-electron chi connectivity index (χ4n) is 4.29. The minimum atomic E-state index is -0.598. The Labute approximate surface area is 182 Å². The number of fused-ring (bicyclic) bond motifs is 1. The Bertz CT molecular complexity index is 1000. The van der Waals surface area contributed by atoms with Gasteiger partial charge in [0.1, 0.15) is 6.54 Å². The van der Waals surface area contributed by atoms with Gasteiger partial charge in [-0.05, 0) is 38.2 Å². The topological polar surface area (TPSA) is 80.6 Å². The van der Waals surface area contributed by atoms with E-state index in [0.29, 0.717) is 43.8 Å². The summed E-state index contributed by atoms with van der Waals surface area (Å²) in [4.78, 5) is 39.9. The molecule has 2 amide bonds. The van der Waals surface area contributed by atoms with Crippen LogP contribution in [0.2, 0.25) is 0 Å². The van der Waals surface area contributed by atoms with Crippen molar-refractivity contribution in [2.24, 2.45) is 0 Å². The maximum absolute atomic E-state index is 12.9. The van der Waals surface area contributed by atoms with Crippen LogP contribution in [0.3, 0.4) is 0 Å². The van der Waals surface area contributed by atoms with Crippen LogP contribution in [0.1, 0.15) is 42.5 Å². The zero-order valence-corrected chi connectivity index (χ0v) is 17.8. The van der Waals surface area contributed by atoms with Crippen LogP contribution in [0, 0.1) is 0 Å². The number of hydrogen-bond acceptors (Lipinski definition) is 4. The summed E-state index contributed by atoms with van der Waals surface area (Å²) in [5.41, 5.74) is 2.46. The van der Waals surface area contributed by atoms with E-state index in [1.165, 1.54) is 18.4 Å². The number of nitrogens with one attached hydrogen (secondary N) is 1. The number of nitrogens with zero attached hydrogens (tertiary/aromatic N) is 2. The third-order valence-corrected chi connectivity index (χ3v) is 6.03. The molecule has 1 aliphatic carbocycles. The Balaban J connectivity index is 1.45. The first-order valence-electron chi connectivity index (χ1n) is 11.1. The first-order chi connectivity index (χ1) is 15.1. The van der Waals surface area contributed by atoms with E-state index < -0.39 is 11.7 Å². The summed E-state index contributed by atoms with van der Waals surface area (Å²) < 4.78 is 7.07. The molecule has 1 aliphatic heterocycles. The molecule has 4 rings (SSSR count). The fourth-order valence-corrected chi connectivity index (χ4v) is 4.29. The van der Waals surface area contributed by atoms with E-state index in [1.807, 2.05) is 24.3 Å². The second kappa shape index (κ2) is 9.92. The van der Waals surface area contributed by atoms with Crippen molar-refractivity contribution in [3.63, 3.8) is 0 Å². The standard InChI is InChI=1S/C24H29N3O4/c28-22(26-12-14-31-15-13-26)17-27-16-20(19-8-4-5-9-21(19)27)23(29)24(30)25-11-10-18-6-2-1-3-7-18/h4-6,8-9,16H,1-3,7,10-15,17H2,(H,25,30). The number of morpholine rings is 1. The highest BCUT2D eigenvalue weighted by molar-refractivity contribution is 6.45. The van der Waals surface area contributed by atoms with Crippen LogP contribution >= 0.6 is 0 Å². The van der Waals surface area contributed by atoms with Gasteiger partial charge in [-0.25, -0.2) is 0 Å². The molecule has 0 radical (unpaired) electrons. The largest absolute Gasteiger partial charge is 0.378 e. The second-order valence-corrected chi connectivity index (χ2v) is 8.12. The molecule has 1 aromatic heterocycles. The highest BCUT2D eigenvalue weighted by atomic mass is 16.5. The maximum Gasteiger partial charge on any atom is 0.292 e. The van der Waals surface area contributed by atoms with E-state index in [1.54, 1.807) is 15.7 Å². The van der Waals surface area contributed by atoms with Crippen LogP contribution in [0.15, 0.2) is 42.1 Å². The number of para-hydroxylation sites is 1. The molecule has 1 N–H and O–H groups in total. The predicted octanol–water partition coefficient (Wildman–Crippen LogP) is 2.69. The van der Waals surface area contributed by atoms with Gasteiger partial charge in [-0.3, -0.25) is 14.4 Å². The lowest BCUT2D eigenvalue weighted by atomic mass is 9.97. The van der Waals surface area contributed by atoms with Gasteiger partial charge in [0.2, 0.25) is 5.91 Å². The molecule has 0 bridgehead atoms. The molecular formula is C24H29N3O4. The fraction of sp³-hybridized carbons (Fsp3) is 0.458. The number of carbonyl (C=O) groups is 3. The van der Waals surface area contributed by atoms with Gasteiger partial charge in [0.25, 0.3) is 11.7 Å². The Morgan fingerprint density at radius 3 is 2.65 bits per heavy atom. The van der Waals surface area contributed by atoms with E-state index in [2.05, 4.69) is 11.4 Å². The number of hydrogen-bond donors (Lipinski definition) is 1. The lowest BCUT2D eigenvalue weighted by Gasteiger charge is -2.27. The molecule has 1 fully saturated rings. The monoisotopic (exact) mass is 423 g/mol. The van der Waals surface area contributed by atoms with Crippen LogP contribution in [0.4, 0.5) is 0 Å². The van der Waals surface area contributed by atoms with Crippen molar-refractivity contribution in [1.29, 1.82) is 0 Å². The Kier molecular flexibility index (Phi) is 6.82. The van der Waals surface area contributed by atoms with Crippen molar-refractivity contribution in [3.05, 3.63) is 47.7 Å². The van der Waals surface area contributed by atoms with Gasteiger partial charge in [0.05, 0.1) is 18.8 Å². The molecule has 0 atom stereocenters. The summed E-state index contributed by atoms with van der Waals surface area (Å²) in [5, 5.41) is 3.45. The van der Waals surface area contributed by atoms with E-state index in [-0.39, 0.29) is 12.5 Å². The summed E-state index contributed by atoms with van der Waals surface area (Å²) in [7, 11) is 0. The number of Topliss-reactive ketones (excluding diaryl/α,β-unsaturated/α-hetero) is 1. The zero-order chi connectivity index (χ0) is 21.6. The van der Waals surface area contributed by atoms with Gasteiger partial charge >= 0.3 is 0 Å². The Hall–Kier alpha value is -2.93. The second-order valence-electron chi connectivity index (χ2n) is 8.12. The van der Waals surface area contributed by atoms with E-state index >= 15 is 0 Å². The zero-order valence-electron chi connectivity index (χ0n) is 17.8. The van der Waals surface area contributed by atoms with Crippen molar-refractivity contribution in [2.75, 3.05) is 32.8 Å². The van der Waals surface area contributed by atoms with Crippen LogP contribution in [-0.2, 0) is 20.9 Å². The maximum atomic E-state index is 12.9. The number of carbonyl (C=O) groups excluding carboxylic acids is 3. The molecule has 2 heterocycles. The minimum Gasteiger partial charge on any atom is -0.378 e. The molecule has 7 nitrogen and oxygen atoms in total. The van der Waals surface area contributed by atoms with Crippen molar-refractivity contribution in [2.45, 2.75) is 38.6 Å². The summed E-state index contributed by atoms with van der Waals surface area (Å²) in [5.74, 6) is -1.18. The van der Waals surface area contributed by atoms with E-state index in [4.69, 9.17) is 4.74 Å². The van der Waals surface area contributed by atoms with Gasteiger partial charge in [0, 0.05) is 36.7 Å². The molecule has 164 valence electrons. The van der Waals surface area contributed by atoms with Crippen LogP contribution in [-0.4, -0.2) is 59.9 Å². The third-order valence-electron chi connectivity index (χ3n) is 6.03. The van der Waals surface area contributed by atoms with Crippen molar-refractivity contribution >= 4 is 28.5 Å². The van der Waals surface area contributed by atoms with Crippen molar-refractivity contribution in [3.8, 4) is 0 Å². The number of benzene rings is 1. The molecule has 7 heteroatoms. The predicted molar refractivity (Wildman–Crippen MR) is 118 cm³/mol. The molecular weight excluding hydrogens is 394 g/mol. The van der Waals surface area contributed by atoms with Gasteiger partial charge in [0.15, 0.2) is 0 Å². The molecule has 2 aliphatic rings.